The van der Waals surface area contributed by atoms with Gasteiger partial charge in [0, 0.05) is 7.05 Å². The van der Waals surface area contributed by atoms with Crippen molar-refractivity contribution in [3.05, 3.63) is 196 Å². The smallest absolute Gasteiger partial charge is 0.266 e. The highest BCUT2D eigenvalue weighted by molar-refractivity contribution is 6.36. The molecule has 14 nitrogen and oxygen atoms in total. The van der Waals surface area contributed by atoms with Crippen molar-refractivity contribution in [2.75, 3.05) is 21.7 Å². The third-order valence-electron chi connectivity index (χ3n) is 12.0. The number of aryl methyl sites for hydroxylation is 1. The molecule has 66 heavy (non-hydrogen) atoms. The SMILES string of the molecule is Cc1ccc(Oc2ccc(N3C(=O)c4ccc(Oc5ccc6c(c5)C(=O)N(c5ccc(N7C(=O)c8ccc(-c9ccc%10c(c9)C(=O)N(C)C%10=O)cc8C7=O)cc5)C6=O)cc4C3=O)cc2)cc1. The molecule has 0 bridgehead atoms. The number of nitrogens with zero attached hydrogens (tertiary/aromatic N) is 4. The lowest BCUT2D eigenvalue weighted by molar-refractivity contribution is 0.0690. The lowest BCUT2D eigenvalue weighted by atomic mass is 9.97. The third-order valence-corrected chi connectivity index (χ3v) is 12.0. The molecule has 4 heterocycles. The second kappa shape index (κ2) is 14.6. The van der Waals surface area contributed by atoms with Gasteiger partial charge in [-0.25, -0.2) is 14.7 Å². The number of fused-ring (bicyclic) bond motifs is 4. The molecule has 0 N–H and O–H groups in total. The van der Waals surface area contributed by atoms with Gasteiger partial charge in [-0.3, -0.25) is 43.3 Å². The fraction of sp³-hybridized carbons (Fsp3) is 0.0385. The maximum Gasteiger partial charge on any atom is 0.266 e. The molecule has 318 valence electrons. The molecule has 0 fully saturated rings. The van der Waals surface area contributed by atoms with E-state index in [4.69, 9.17) is 9.47 Å². The van der Waals surface area contributed by atoms with E-state index >= 15 is 0 Å². The Bertz CT molecular complexity index is 3400. The van der Waals surface area contributed by atoms with Gasteiger partial charge in [0.1, 0.15) is 23.0 Å². The van der Waals surface area contributed by atoms with Crippen molar-refractivity contribution >= 4 is 64.3 Å². The zero-order valence-electron chi connectivity index (χ0n) is 34.7. The topological polar surface area (TPSA) is 168 Å². The van der Waals surface area contributed by atoms with Crippen LogP contribution in [0.1, 0.15) is 88.4 Å². The molecule has 7 aromatic rings. The van der Waals surface area contributed by atoms with Crippen LogP contribution in [-0.2, 0) is 0 Å². The van der Waals surface area contributed by atoms with Crippen LogP contribution in [0.2, 0.25) is 0 Å². The van der Waals surface area contributed by atoms with Crippen LogP contribution in [0.25, 0.3) is 11.1 Å². The quantitative estimate of drug-likeness (QED) is 0.135. The first-order chi connectivity index (χ1) is 31.8. The zero-order valence-corrected chi connectivity index (χ0v) is 34.7. The van der Waals surface area contributed by atoms with Gasteiger partial charge in [0.05, 0.1) is 61.6 Å². The van der Waals surface area contributed by atoms with E-state index in [1.54, 1.807) is 54.6 Å². The Morgan fingerprint density at radius 2 is 0.591 bits per heavy atom. The molecule has 4 aliphatic heterocycles. The van der Waals surface area contributed by atoms with Crippen LogP contribution in [0.15, 0.2) is 146 Å². The fourth-order valence-electron chi connectivity index (χ4n) is 8.52. The van der Waals surface area contributed by atoms with E-state index in [-0.39, 0.29) is 67.4 Å². The van der Waals surface area contributed by atoms with Gasteiger partial charge in [-0.05, 0) is 139 Å². The summed E-state index contributed by atoms with van der Waals surface area (Å²) in [6.07, 6.45) is 0. The Morgan fingerprint density at radius 3 is 1.03 bits per heavy atom. The van der Waals surface area contributed by atoms with Crippen molar-refractivity contribution in [1.82, 2.24) is 4.90 Å². The van der Waals surface area contributed by atoms with Crippen molar-refractivity contribution in [3.63, 3.8) is 0 Å². The van der Waals surface area contributed by atoms with Gasteiger partial charge < -0.3 is 9.47 Å². The summed E-state index contributed by atoms with van der Waals surface area (Å²) >= 11 is 0. The molecule has 0 aromatic heterocycles. The van der Waals surface area contributed by atoms with Gasteiger partial charge in [-0.1, -0.05) is 29.8 Å². The van der Waals surface area contributed by atoms with Crippen molar-refractivity contribution in [2.45, 2.75) is 6.92 Å². The number of ether oxygens (including phenoxy) is 2. The number of hydrogen-bond acceptors (Lipinski definition) is 10. The minimum Gasteiger partial charge on any atom is -0.457 e. The average Bonchev–Trinajstić information content (AvgIpc) is 3.92. The Kier molecular flexibility index (Phi) is 8.77. The number of amides is 8. The number of carbonyl (C=O) groups excluding carboxylic acids is 8. The number of hydrogen-bond donors (Lipinski definition) is 0. The molecular weight excluding hydrogens is 841 g/mol. The largest absolute Gasteiger partial charge is 0.457 e. The minimum absolute atomic E-state index is 0.0671. The summed E-state index contributed by atoms with van der Waals surface area (Å²) < 4.78 is 12.0. The van der Waals surface area contributed by atoms with E-state index < -0.39 is 47.3 Å². The summed E-state index contributed by atoms with van der Waals surface area (Å²) in [7, 11) is 1.41. The van der Waals surface area contributed by atoms with E-state index in [2.05, 4.69) is 0 Å². The molecule has 4 aliphatic rings. The minimum atomic E-state index is -0.633. The summed E-state index contributed by atoms with van der Waals surface area (Å²) in [6.45, 7) is 1.98. The molecule has 0 saturated carbocycles. The summed E-state index contributed by atoms with van der Waals surface area (Å²) in [6, 6.07) is 38.5. The zero-order chi connectivity index (χ0) is 45.7. The van der Waals surface area contributed by atoms with Crippen molar-refractivity contribution in [3.8, 4) is 34.1 Å². The average molecular weight is 871 g/mol. The molecule has 0 atom stereocenters. The predicted octanol–water partition coefficient (Wildman–Crippen LogP) is 8.87. The van der Waals surface area contributed by atoms with Gasteiger partial charge >= 0.3 is 0 Å². The molecule has 0 unspecified atom stereocenters. The summed E-state index contributed by atoms with van der Waals surface area (Å²) in [5, 5.41) is 0. The van der Waals surface area contributed by atoms with Gasteiger partial charge in [0.15, 0.2) is 0 Å². The third kappa shape index (κ3) is 6.11. The Labute approximate surface area is 374 Å². The number of anilines is 3. The van der Waals surface area contributed by atoms with Crippen molar-refractivity contribution < 1.29 is 47.8 Å². The van der Waals surface area contributed by atoms with E-state index in [0.717, 1.165) is 25.2 Å². The molecule has 0 spiro atoms. The molecular formula is C52H30N4O10. The van der Waals surface area contributed by atoms with Crippen LogP contribution in [0, 0.1) is 6.92 Å². The van der Waals surface area contributed by atoms with Crippen LogP contribution in [0.5, 0.6) is 23.0 Å². The van der Waals surface area contributed by atoms with Crippen LogP contribution in [0.3, 0.4) is 0 Å². The van der Waals surface area contributed by atoms with Crippen molar-refractivity contribution in [1.29, 1.82) is 0 Å². The number of carbonyl (C=O) groups is 8. The van der Waals surface area contributed by atoms with Gasteiger partial charge in [0.25, 0.3) is 47.3 Å². The number of imide groups is 4. The normalized spacial score (nSPS) is 14.9. The lowest BCUT2D eigenvalue weighted by Crippen LogP contribution is -2.30. The molecule has 14 heteroatoms. The van der Waals surface area contributed by atoms with Crippen molar-refractivity contribution in [2.24, 2.45) is 0 Å². The maximum atomic E-state index is 13.8. The van der Waals surface area contributed by atoms with Gasteiger partial charge in [-0.2, -0.15) is 0 Å². The van der Waals surface area contributed by atoms with E-state index in [9.17, 15) is 38.4 Å². The number of benzene rings is 7. The van der Waals surface area contributed by atoms with E-state index in [1.807, 2.05) is 31.2 Å². The number of rotatable bonds is 8. The standard InChI is InChI=1S/C52H30N4O10/c1-27-3-13-33(14-4-27)65-34-15-11-32(12-16-34)56-49(61)40-22-18-36(26-44(40)52(56)64)66-35-17-21-39-43(25-35)51(63)55(48(39)60)31-9-7-30(8-10-31)54-47(59)38-20-6-29(24-42(38)50(54)62)28-5-19-37-41(23-28)46(58)53(2)45(37)57/h3-26H,1-2H3. The summed E-state index contributed by atoms with van der Waals surface area (Å²) in [5.41, 5.74) is 4.40. The van der Waals surface area contributed by atoms with Gasteiger partial charge in [-0.15, -0.1) is 0 Å². The lowest BCUT2D eigenvalue weighted by Gasteiger charge is -2.17. The van der Waals surface area contributed by atoms with Crippen LogP contribution >= 0.6 is 0 Å². The van der Waals surface area contributed by atoms with E-state index in [0.29, 0.717) is 28.3 Å². The highest BCUT2D eigenvalue weighted by Gasteiger charge is 2.41. The Morgan fingerprint density at radius 1 is 0.303 bits per heavy atom. The molecule has 8 amide bonds. The summed E-state index contributed by atoms with van der Waals surface area (Å²) in [5.74, 6) is -2.64. The second-order valence-corrected chi connectivity index (χ2v) is 16.0. The molecule has 0 radical (unpaired) electrons. The molecule has 0 aliphatic carbocycles. The van der Waals surface area contributed by atoms with Gasteiger partial charge in [0.2, 0.25) is 0 Å². The van der Waals surface area contributed by atoms with Crippen LogP contribution in [-0.4, -0.2) is 59.2 Å². The molecule has 7 aromatic carbocycles. The molecule has 11 rings (SSSR count). The first kappa shape index (κ1) is 39.5. The Balaban J connectivity index is 0.775. The van der Waals surface area contributed by atoms with Crippen LogP contribution < -0.4 is 24.2 Å². The fourth-order valence-corrected chi connectivity index (χ4v) is 8.52. The Hall–Kier alpha value is -9.30. The van der Waals surface area contributed by atoms with Crippen LogP contribution in [0.4, 0.5) is 17.1 Å². The summed E-state index contributed by atoms with van der Waals surface area (Å²) in [4.78, 5) is 111. The van der Waals surface area contributed by atoms with E-state index in [1.165, 1.54) is 73.8 Å². The monoisotopic (exact) mass is 870 g/mol. The maximum absolute atomic E-state index is 13.8. The molecule has 0 saturated heterocycles. The second-order valence-electron chi connectivity index (χ2n) is 16.0. The first-order valence-corrected chi connectivity index (χ1v) is 20.5. The highest BCUT2D eigenvalue weighted by Crippen LogP contribution is 2.38. The first-order valence-electron chi connectivity index (χ1n) is 20.5. The predicted molar refractivity (Wildman–Crippen MR) is 239 cm³/mol. The highest BCUT2D eigenvalue weighted by atomic mass is 16.5.